The second-order valence-electron chi connectivity index (χ2n) is 6.09. The first-order chi connectivity index (χ1) is 10.8. The van der Waals surface area contributed by atoms with E-state index in [0.29, 0.717) is 12.0 Å². The molecule has 3 atom stereocenters. The van der Waals surface area contributed by atoms with Gasteiger partial charge >= 0.3 is 6.03 Å². The zero-order chi connectivity index (χ0) is 17.1. The summed E-state index contributed by atoms with van der Waals surface area (Å²) in [7, 11) is 3.50. The highest BCUT2D eigenvalue weighted by Gasteiger charge is 2.35. The van der Waals surface area contributed by atoms with Crippen molar-refractivity contribution in [3.63, 3.8) is 0 Å². The van der Waals surface area contributed by atoms with Gasteiger partial charge in [-0.15, -0.1) is 0 Å². The molecule has 0 bridgehead atoms. The molecule has 0 spiro atoms. The van der Waals surface area contributed by atoms with E-state index in [0.717, 1.165) is 12.6 Å². The van der Waals surface area contributed by atoms with E-state index in [-0.39, 0.29) is 30.8 Å². The molecule has 0 saturated carbocycles. The summed E-state index contributed by atoms with van der Waals surface area (Å²) in [4.78, 5) is 15.7. The molecular weight excluding hydrogens is 304 g/mol. The minimum Gasteiger partial charge on any atom is -0.394 e. The van der Waals surface area contributed by atoms with E-state index in [1.165, 1.54) is 11.0 Å². The Morgan fingerprint density at radius 1 is 1.48 bits per heavy atom. The molecule has 2 amide bonds. The van der Waals surface area contributed by atoms with Crippen molar-refractivity contribution in [3.8, 4) is 0 Å². The Labute approximate surface area is 134 Å². The average Bonchev–Trinajstić information content (AvgIpc) is 2.89. The Morgan fingerprint density at radius 3 is 2.78 bits per heavy atom. The molecule has 1 saturated heterocycles. The van der Waals surface area contributed by atoms with E-state index in [4.69, 9.17) is 5.11 Å². The van der Waals surface area contributed by atoms with Crippen molar-refractivity contribution in [2.24, 2.45) is 0 Å². The van der Waals surface area contributed by atoms with Crippen molar-refractivity contribution in [2.45, 2.75) is 31.5 Å². The van der Waals surface area contributed by atoms with Gasteiger partial charge in [0, 0.05) is 13.6 Å². The van der Waals surface area contributed by atoms with Crippen molar-refractivity contribution < 1.29 is 18.7 Å². The molecule has 0 radical (unpaired) electrons. The van der Waals surface area contributed by atoms with Gasteiger partial charge in [0.15, 0.2) is 11.6 Å². The molecule has 23 heavy (non-hydrogen) atoms. The van der Waals surface area contributed by atoms with E-state index >= 15 is 0 Å². The number of carbonyl (C=O) groups excluding carboxylic acids is 1. The van der Waals surface area contributed by atoms with Crippen molar-refractivity contribution in [1.29, 1.82) is 0 Å². The first kappa shape index (κ1) is 17.6. The summed E-state index contributed by atoms with van der Waals surface area (Å²) in [5, 5.41) is 12.1. The van der Waals surface area contributed by atoms with Crippen molar-refractivity contribution in [2.75, 3.05) is 27.2 Å². The van der Waals surface area contributed by atoms with Gasteiger partial charge < -0.3 is 15.3 Å². The summed E-state index contributed by atoms with van der Waals surface area (Å²) in [6.07, 6.45) is 0.716. The van der Waals surface area contributed by atoms with Crippen LogP contribution in [0, 0.1) is 11.6 Å². The molecule has 1 fully saturated rings. The molecule has 5 nitrogen and oxygen atoms in total. The van der Waals surface area contributed by atoms with Crippen LogP contribution in [0.15, 0.2) is 18.2 Å². The lowest BCUT2D eigenvalue weighted by Crippen LogP contribution is -2.48. The third-order valence-electron chi connectivity index (χ3n) is 4.49. The van der Waals surface area contributed by atoms with Gasteiger partial charge in [-0.3, -0.25) is 4.90 Å². The molecule has 1 aromatic rings. The summed E-state index contributed by atoms with van der Waals surface area (Å²) in [6, 6.07) is 2.83. The third-order valence-corrected chi connectivity index (χ3v) is 4.49. The summed E-state index contributed by atoms with van der Waals surface area (Å²) in [6.45, 7) is 2.36. The van der Waals surface area contributed by atoms with Crippen molar-refractivity contribution >= 4 is 6.03 Å². The molecule has 1 heterocycles. The van der Waals surface area contributed by atoms with Crippen molar-refractivity contribution in [1.82, 2.24) is 15.1 Å². The van der Waals surface area contributed by atoms with E-state index in [1.54, 1.807) is 20.0 Å². The van der Waals surface area contributed by atoms with Gasteiger partial charge in [-0.1, -0.05) is 6.07 Å². The number of carbonyl (C=O) groups is 1. The third kappa shape index (κ3) is 3.79. The summed E-state index contributed by atoms with van der Waals surface area (Å²) < 4.78 is 26.6. The summed E-state index contributed by atoms with van der Waals surface area (Å²) in [5.41, 5.74) is 0.632. The molecule has 2 N–H and O–H groups in total. The molecule has 0 aliphatic carbocycles. The minimum absolute atomic E-state index is 0.124. The lowest BCUT2D eigenvalue weighted by molar-refractivity contribution is 0.152. The van der Waals surface area contributed by atoms with Gasteiger partial charge in [0.1, 0.15) is 0 Å². The van der Waals surface area contributed by atoms with Crippen LogP contribution in [0.3, 0.4) is 0 Å². The molecule has 1 aliphatic heterocycles. The van der Waals surface area contributed by atoms with Crippen LogP contribution in [0.2, 0.25) is 0 Å². The number of aliphatic hydroxyl groups excluding tert-OH is 1. The number of nitrogens with zero attached hydrogens (tertiary/aromatic N) is 2. The second kappa shape index (κ2) is 7.23. The molecular formula is C16H23F2N3O2. The number of aliphatic hydroxyl groups is 1. The van der Waals surface area contributed by atoms with Crippen LogP contribution in [0.25, 0.3) is 0 Å². The highest BCUT2D eigenvalue weighted by Crippen LogP contribution is 2.31. The van der Waals surface area contributed by atoms with Crippen LogP contribution < -0.4 is 5.32 Å². The van der Waals surface area contributed by atoms with Gasteiger partial charge in [-0.05, 0) is 38.1 Å². The zero-order valence-corrected chi connectivity index (χ0v) is 13.6. The predicted octanol–water partition coefficient (Wildman–Crippen LogP) is 1.73. The van der Waals surface area contributed by atoms with E-state index in [9.17, 15) is 13.6 Å². The SMILES string of the molecule is CC(CO)N(C)C(=O)NC1CCN(C)C1c1ccc(F)c(F)c1. The topological polar surface area (TPSA) is 55.8 Å². The molecule has 2 rings (SSSR count). The lowest BCUT2D eigenvalue weighted by atomic mass is 10.00. The maximum atomic E-state index is 13.5. The Hall–Kier alpha value is -1.73. The van der Waals surface area contributed by atoms with Gasteiger partial charge in [0.2, 0.25) is 0 Å². The van der Waals surface area contributed by atoms with Crippen LogP contribution in [-0.4, -0.2) is 60.3 Å². The Bertz CT molecular complexity index is 570. The largest absolute Gasteiger partial charge is 0.394 e. The number of nitrogens with one attached hydrogen (secondary N) is 1. The fourth-order valence-corrected chi connectivity index (χ4v) is 2.86. The van der Waals surface area contributed by atoms with Crippen LogP contribution >= 0.6 is 0 Å². The van der Waals surface area contributed by atoms with Crippen LogP contribution in [0.1, 0.15) is 24.9 Å². The highest BCUT2D eigenvalue weighted by atomic mass is 19.2. The predicted molar refractivity (Wildman–Crippen MR) is 83.0 cm³/mol. The maximum absolute atomic E-state index is 13.5. The zero-order valence-electron chi connectivity index (χ0n) is 13.6. The average molecular weight is 327 g/mol. The van der Waals surface area contributed by atoms with Gasteiger partial charge in [0.25, 0.3) is 0 Å². The Balaban J connectivity index is 2.15. The van der Waals surface area contributed by atoms with Crippen LogP contribution in [0.4, 0.5) is 13.6 Å². The number of likely N-dealkylation sites (N-methyl/N-ethyl adjacent to an activating group) is 2. The first-order valence-corrected chi connectivity index (χ1v) is 7.64. The second-order valence-corrected chi connectivity index (χ2v) is 6.09. The molecule has 1 aliphatic rings. The number of likely N-dealkylation sites (tertiary alicyclic amines) is 1. The fourth-order valence-electron chi connectivity index (χ4n) is 2.86. The quantitative estimate of drug-likeness (QED) is 0.886. The van der Waals surface area contributed by atoms with Crippen molar-refractivity contribution in [3.05, 3.63) is 35.4 Å². The maximum Gasteiger partial charge on any atom is 0.317 e. The molecule has 1 aromatic carbocycles. The number of urea groups is 1. The molecule has 7 heteroatoms. The molecule has 0 aromatic heterocycles. The fraction of sp³-hybridized carbons (Fsp3) is 0.562. The Morgan fingerprint density at radius 2 is 2.17 bits per heavy atom. The minimum atomic E-state index is -0.890. The van der Waals surface area contributed by atoms with Gasteiger partial charge in [0.05, 0.1) is 24.7 Å². The molecule has 3 unspecified atom stereocenters. The Kier molecular flexibility index (Phi) is 5.54. The number of rotatable bonds is 4. The van der Waals surface area contributed by atoms with E-state index in [2.05, 4.69) is 5.32 Å². The van der Waals surface area contributed by atoms with E-state index in [1.807, 2.05) is 11.9 Å². The monoisotopic (exact) mass is 327 g/mol. The van der Waals surface area contributed by atoms with E-state index < -0.39 is 11.6 Å². The van der Waals surface area contributed by atoms with Crippen LogP contribution in [0.5, 0.6) is 0 Å². The van der Waals surface area contributed by atoms with Gasteiger partial charge in [-0.2, -0.15) is 0 Å². The number of halogens is 2. The number of amides is 2. The standard InChI is InChI=1S/C16H23F2N3O2/c1-10(9-22)21(3)16(23)19-14-6-7-20(2)15(14)11-4-5-12(17)13(18)8-11/h4-5,8,10,14-15,22H,6-7,9H2,1-3H3,(H,19,23). The summed E-state index contributed by atoms with van der Waals surface area (Å²) >= 11 is 0. The molecule has 128 valence electrons. The number of hydrogen-bond acceptors (Lipinski definition) is 3. The number of hydrogen-bond donors (Lipinski definition) is 2. The lowest BCUT2D eigenvalue weighted by Gasteiger charge is -2.30. The normalized spacial score (nSPS) is 22.9. The smallest absolute Gasteiger partial charge is 0.317 e. The summed E-state index contributed by atoms with van der Waals surface area (Å²) in [5.74, 6) is -1.77. The first-order valence-electron chi connectivity index (χ1n) is 7.64. The number of benzene rings is 1. The van der Waals surface area contributed by atoms with Crippen LogP contribution in [-0.2, 0) is 0 Å². The highest BCUT2D eigenvalue weighted by molar-refractivity contribution is 5.74. The van der Waals surface area contributed by atoms with Gasteiger partial charge in [-0.25, -0.2) is 13.6 Å².